The lowest BCUT2D eigenvalue weighted by atomic mass is 10.2. The molecule has 30 heavy (non-hydrogen) atoms. The van der Waals surface area contributed by atoms with Crippen LogP contribution in [0.25, 0.3) is 0 Å². The van der Waals surface area contributed by atoms with E-state index in [9.17, 15) is 9.59 Å². The minimum atomic E-state index is -0.494. The number of carbonyl (C=O) groups is 2. The van der Waals surface area contributed by atoms with Crippen molar-refractivity contribution < 1.29 is 23.8 Å². The first-order valence-corrected chi connectivity index (χ1v) is 9.43. The number of amides is 2. The molecule has 1 aliphatic heterocycles. The zero-order valence-corrected chi connectivity index (χ0v) is 16.0. The largest absolute Gasteiger partial charge is 0.486 e. The summed E-state index contributed by atoms with van der Waals surface area (Å²) in [4.78, 5) is 23.5. The Morgan fingerprint density at radius 1 is 0.900 bits per heavy atom. The molecule has 0 saturated carbocycles. The number of hydrogen-bond acceptors (Lipinski definition) is 5. The van der Waals surface area contributed by atoms with Crippen molar-refractivity contribution >= 4 is 11.8 Å². The number of hydrogen-bond donors (Lipinski definition) is 2. The molecule has 0 aromatic heterocycles. The van der Waals surface area contributed by atoms with E-state index in [-0.39, 0.29) is 12.0 Å². The molecule has 3 aromatic carbocycles. The first kappa shape index (κ1) is 19.3. The van der Waals surface area contributed by atoms with Gasteiger partial charge in [-0.2, -0.15) is 0 Å². The molecule has 0 spiro atoms. The topological polar surface area (TPSA) is 99.9 Å². The van der Waals surface area contributed by atoms with E-state index in [4.69, 9.17) is 19.9 Å². The van der Waals surface area contributed by atoms with Crippen molar-refractivity contribution in [2.24, 2.45) is 5.73 Å². The molecule has 1 heterocycles. The van der Waals surface area contributed by atoms with Gasteiger partial charge in [0.2, 0.25) is 5.91 Å². The highest BCUT2D eigenvalue weighted by Gasteiger charge is 2.21. The van der Waals surface area contributed by atoms with Crippen LogP contribution in [0.3, 0.4) is 0 Å². The fourth-order valence-electron chi connectivity index (χ4n) is 2.97. The summed E-state index contributed by atoms with van der Waals surface area (Å²) < 4.78 is 17.2. The van der Waals surface area contributed by atoms with Crippen LogP contribution in [-0.4, -0.2) is 31.1 Å². The Morgan fingerprint density at radius 3 is 2.13 bits per heavy atom. The van der Waals surface area contributed by atoms with Crippen LogP contribution in [0.4, 0.5) is 0 Å². The van der Waals surface area contributed by atoms with Crippen molar-refractivity contribution in [1.29, 1.82) is 0 Å². The molecular weight excluding hydrogens is 384 g/mol. The van der Waals surface area contributed by atoms with E-state index in [1.807, 2.05) is 24.3 Å². The van der Waals surface area contributed by atoms with Gasteiger partial charge >= 0.3 is 0 Å². The average Bonchev–Trinajstić information content (AvgIpc) is 2.78. The number of nitrogens with two attached hydrogens (primary N) is 1. The molecule has 3 aromatic rings. The highest BCUT2D eigenvalue weighted by Crippen LogP contribution is 2.30. The predicted molar refractivity (Wildman–Crippen MR) is 110 cm³/mol. The van der Waals surface area contributed by atoms with Gasteiger partial charge in [-0.25, -0.2) is 0 Å². The molecule has 0 fully saturated rings. The average molecular weight is 404 g/mol. The van der Waals surface area contributed by atoms with Gasteiger partial charge in [0.1, 0.15) is 24.2 Å². The van der Waals surface area contributed by atoms with Crippen molar-refractivity contribution in [3.63, 3.8) is 0 Å². The normalized spacial score (nSPS) is 14.6. The number of para-hydroxylation sites is 2. The Labute approximate surface area is 173 Å². The highest BCUT2D eigenvalue weighted by molar-refractivity contribution is 5.94. The lowest BCUT2D eigenvalue weighted by molar-refractivity contribution is 0.0789. The quantitative estimate of drug-likeness (QED) is 0.657. The third-order valence-electron chi connectivity index (χ3n) is 4.55. The summed E-state index contributed by atoms with van der Waals surface area (Å²) in [6.07, 6.45) is -0.255. The fraction of sp³-hybridized carbons (Fsp3) is 0.130. The summed E-state index contributed by atoms with van der Waals surface area (Å²) in [6, 6.07) is 20.7. The van der Waals surface area contributed by atoms with Gasteiger partial charge in [0.25, 0.3) is 5.91 Å². The standard InChI is InChI=1S/C23H20N2O5/c24-22(26)15-5-9-17(10-6-15)29-18-11-7-16(8-12-18)23(27)25-13-19-14-28-20-3-1-2-4-21(20)30-19/h1-12,19H,13-14H2,(H2,24,26)(H,25,27). The molecule has 3 N–H and O–H groups in total. The minimum absolute atomic E-state index is 0.213. The predicted octanol–water partition coefficient (Wildman–Crippen LogP) is 3.15. The number of fused-ring (bicyclic) bond motifs is 1. The van der Waals surface area contributed by atoms with Crippen LogP contribution in [-0.2, 0) is 0 Å². The summed E-state index contributed by atoms with van der Waals surface area (Å²) >= 11 is 0. The van der Waals surface area contributed by atoms with Crippen molar-refractivity contribution in [3.8, 4) is 23.0 Å². The molecule has 7 heteroatoms. The molecule has 7 nitrogen and oxygen atoms in total. The third kappa shape index (κ3) is 4.52. The van der Waals surface area contributed by atoms with Gasteiger partial charge in [-0.15, -0.1) is 0 Å². The van der Waals surface area contributed by atoms with E-state index < -0.39 is 5.91 Å². The molecule has 152 valence electrons. The summed E-state index contributed by atoms with van der Waals surface area (Å²) in [5.74, 6) is 1.81. The fourth-order valence-corrected chi connectivity index (χ4v) is 2.97. The molecule has 1 aliphatic rings. The zero-order valence-electron chi connectivity index (χ0n) is 16.0. The highest BCUT2D eigenvalue weighted by atomic mass is 16.6. The molecule has 1 atom stereocenters. The van der Waals surface area contributed by atoms with E-state index in [0.717, 1.165) is 0 Å². The van der Waals surface area contributed by atoms with Crippen LogP contribution >= 0.6 is 0 Å². The summed E-state index contributed by atoms with van der Waals surface area (Å²) in [7, 11) is 0. The zero-order chi connectivity index (χ0) is 20.9. The molecule has 0 bridgehead atoms. The number of benzene rings is 3. The van der Waals surface area contributed by atoms with E-state index in [2.05, 4.69) is 5.32 Å². The van der Waals surface area contributed by atoms with Crippen LogP contribution in [0.1, 0.15) is 20.7 Å². The molecular formula is C23H20N2O5. The number of rotatable bonds is 6. The molecule has 0 radical (unpaired) electrons. The minimum Gasteiger partial charge on any atom is -0.486 e. The van der Waals surface area contributed by atoms with Gasteiger partial charge in [0, 0.05) is 11.1 Å². The monoisotopic (exact) mass is 404 g/mol. The lowest BCUT2D eigenvalue weighted by Gasteiger charge is -2.26. The Morgan fingerprint density at radius 2 is 1.50 bits per heavy atom. The van der Waals surface area contributed by atoms with E-state index in [1.165, 1.54) is 0 Å². The van der Waals surface area contributed by atoms with Crippen LogP contribution in [0.5, 0.6) is 23.0 Å². The number of primary amides is 1. The molecule has 4 rings (SSSR count). The van der Waals surface area contributed by atoms with Crippen LogP contribution in [0, 0.1) is 0 Å². The van der Waals surface area contributed by atoms with Gasteiger partial charge in [0.05, 0.1) is 6.54 Å². The number of nitrogens with one attached hydrogen (secondary N) is 1. The Bertz CT molecular complexity index is 1050. The maximum atomic E-state index is 12.4. The molecule has 2 amide bonds. The smallest absolute Gasteiger partial charge is 0.251 e. The lowest BCUT2D eigenvalue weighted by Crippen LogP contribution is -2.40. The van der Waals surface area contributed by atoms with Crippen molar-refractivity contribution in [2.75, 3.05) is 13.2 Å². The van der Waals surface area contributed by atoms with Gasteiger partial charge in [-0.05, 0) is 60.7 Å². The summed E-state index contributed by atoms with van der Waals surface area (Å²) in [5, 5.41) is 2.86. The van der Waals surface area contributed by atoms with Crippen molar-refractivity contribution in [3.05, 3.63) is 83.9 Å². The maximum Gasteiger partial charge on any atom is 0.251 e. The third-order valence-corrected chi connectivity index (χ3v) is 4.55. The van der Waals surface area contributed by atoms with Gasteiger partial charge in [-0.3, -0.25) is 9.59 Å². The van der Waals surface area contributed by atoms with Gasteiger partial charge in [0.15, 0.2) is 11.5 Å². The molecule has 0 saturated heterocycles. The van der Waals surface area contributed by atoms with Gasteiger partial charge in [-0.1, -0.05) is 12.1 Å². The van der Waals surface area contributed by atoms with Gasteiger partial charge < -0.3 is 25.3 Å². The van der Waals surface area contributed by atoms with Crippen LogP contribution < -0.4 is 25.3 Å². The second-order valence-electron chi connectivity index (χ2n) is 6.72. The van der Waals surface area contributed by atoms with E-state index >= 15 is 0 Å². The van der Waals surface area contributed by atoms with E-state index in [1.54, 1.807) is 48.5 Å². The van der Waals surface area contributed by atoms with Crippen LogP contribution in [0.15, 0.2) is 72.8 Å². The van der Waals surface area contributed by atoms with Crippen LogP contribution in [0.2, 0.25) is 0 Å². The first-order valence-electron chi connectivity index (χ1n) is 9.43. The second kappa shape index (κ2) is 8.57. The second-order valence-corrected chi connectivity index (χ2v) is 6.72. The summed E-state index contributed by atoms with van der Waals surface area (Å²) in [6.45, 7) is 0.705. The maximum absolute atomic E-state index is 12.4. The Hall–Kier alpha value is -4.00. The Kier molecular flexibility index (Phi) is 5.52. The molecule has 0 aliphatic carbocycles. The molecule has 1 unspecified atom stereocenters. The summed E-state index contributed by atoms with van der Waals surface area (Å²) in [5.41, 5.74) is 6.13. The Balaban J connectivity index is 1.30. The number of ether oxygens (including phenoxy) is 3. The van der Waals surface area contributed by atoms with Crippen molar-refractivity contribution in [1.82, 2.24) is 5.32 Å². The first-order chi connectivity index (χ1) is 14.6. The van der Waals surface area contributed by atoms with Crippen molar-refractivity contribution in [2.45, 2.75) is 6.10 Å². The van der Waals surface area contributed by atoms with E-state index in [0.29, 0.717) is 47.3 Å². The number of carbonyl (C=O) groups excluding carboxylic acids is 2. The SMILES string of the molecule is NC(=O)c1ccc(Oc2ccc(C(=O)NCC3COc4ccccc4O3)cc2)cc1.